The summed E-state index contributed by atoms with van der Waals surface area (Å²) in [6.07, 6.45) is 2.97. The van der Waals surface area contributed by atoms with Crippen molar-refractivity contribution < 1.29 is 17.9 Å². The van der Waals surface area contributed by atoms with Crippen LogP contribution in [0.15, 0.2) is 23.1 Å². The van der Waals surface area contributed by atoms with Crippen LogP contribution in [0.4, 0.5) is 0 Å². The molecular formula is C13H16N2O4S. The Hall–Kier alpha value is -1.60. The minimum atomic E-state index is -3.73. The van der Waals surface area contributed by atoms with E-state index < -0.39 is 16.1 Å². The fraction of sp³-hybridized carbons (Fsp3) is 0.462. The topological polar surface area (TPSA) is 98.5 Å². The van der Waals surface area contributed by atoms with Crippen molar-refractivity contribution in [3.8, 4) is 5.75 Å². The van der Waals surface area contributed by atoms with Gasteiger partial charge in [0.15, 0.2) is 6.10 Å². The van der Waals surface area contributed by atoms with Crippen LogP contribution >= 0.6 is 0 Å². The molecule has 0 spiro atoms. The number of rotatable bonds is 3. The zero-order chi connectivity index (χ0) is 14.3. The number of carbonyl (C=O) groups excluding carboxylic acids is 1. The van der Waals surface area contributed by atoms with Gasteiger partial charge in [-0.05, 0) is 43.0 Å². The zero-order valence-corrected chi connectivity index (χ0v) is 11.7. The fourth-order valence-electron chi connectivity index (χ4n) is 2.39. The maximum Gasteiger partial charge on any atom is 0.261 e. The molecule has 1 atom stereocenters. The summed E-state index contributed by atoms with van der Waals surface area (Å²) in [6.45, 7) is 0. The van der Waals surface area contributed by atoms with Crippen LogP contribution in [0, 0.1) is 0 Å². The minimum absolute atomic E-state index is 0.0416. The van der Waals surface area contributed by atoms with Crippen LogP contribution in [0.1, 0.15) is 24.8 Å². The van der Waals surface area contributed by atoms with Crippen molar-refractivity contribution in [1.29, 1.82) is 0 Å². The van der Waals surface area contributed by atoms with Gasteiger partial charge in [-0.3, -0.25) is 4.79 Å². The number of carbonyl (C=O) groups is 1. The number of ether oxygens (including phenoxy) is 1. The first-order chi connectivity index (χ1) is 9.43. The Kier molecular flexibility index (Phi) is 3.18. The SMILES string of the molecule is NS(=O)(=O)c1ccc2c(c1)CC(C(=O)NC1CCC1)O2. The maximum absolute atomic E-state index is 12.0. The highest BCUT2D eigenvalue weighted by Gasteiger charge is 2.32. The Labute approximate surface area is 117 Å². The van der Waals surface area contributed by atoms with Crippen molar-refractivity contribution in [2.75, 3.05) is 0 Å². The highest BCUT2D eigenvalue weighted by Crippen LogP contribution is 2.31. The van der Waals surface area contributed by atoms with Gasteiger partial charge in [0.25, 0.3) is 5.91 Å². The molecular weight excluding hydrogens is 280 g/mol. The first kappa shape index (κ1) is 13.4. The van der Waals surface area contributed by atoms with Gasteiger partial charge in [0.05, 0.1) is 4.90 Å². The standard InChI is InChI=1S/C13H16N2O4S/c14-20(17,18)10-4-5-11-8(6-10)7-12(19-11)13(16)15-9-2-1-3-9/h4-6,9,12H,1-3,7H2,(H,15,16)(H2,14,17,18). The molecule has 1 aromatic rings. The monoisotopic (exact) mass is 296 g/mol. The molecule has 108 valence electrons. The number of nitrogens with one attached hydrogen (secondary N) is 1. The van der Waals surface area contributed by atoms with Crippen molar-refractivity contribution in [1.82, 2.24) is 5.32 Å². The molecule has 1 amide bonds. The summed E-state index contributed by atoms with van der Waals surface area (Å²) >= 11 is 0. The summed E-state index contributed by atoms with van der Waals surface area (Å²) in [7, 11) is -3.73. The number of nitrogens with two attached hydrogens (primary N) is 1. The molecule has 1 unspecified atom stereocenters. The van der Waals surface area contributed by atoms with Crippen LogP contribution in [0.5, 0.6) is 5.75 Å². The largest absolute Gasteiger partial charge is 0.480 e. The first-order valence-corrected chi connectivity index (χ1v) is 8.11. The Morgan fingerprint density at radius 1 is 1.35 bits per heavy atom. The van der Waals surface area contributed by atoms with Gasteiger partial charge in [0, 0.05) is 12.5 Å². The third-order valence-electron chi connectivity index (χ3n) is 3.78. The lowest BCUT2D eigenvalue weighted by molar-refractivity contribution is -0.128. The zero-order valence-electron chi connectivity index (χ0n) is 10.8. The number of hydrogen-bond acceptors (Lipinski definition) is 4. The van der Waals surface area contributed by atoms with E-state index in [1.165, 1.54) is 12.1 Å². The molecule has 7 heteroatoms. The van der Waals surface area contributed by atoms with E-state index >= 15 is 0 Å². The molecule has 1 aliphatic heterocycles. The second-order valence-electron chi connectivity index (χ2n) is 5.26. The van der Waals surface area contributed by atoms with Crippen molar-refractivity contribution >= 4 is 15.9 Å². The van der Waals surface area contributed by atoms with Crippen molar-refractivity contribution in [2.24, 2.45) is 5.14 Å². The molecule has 3 rings (SSSR count). The van der Waals surface area contributed by atoms with E-state index in [-0.39, 0.29) is 16.8 Å². The van der Waals surface area contributed by atoms with E-state index in [0.29, 0.717) is 17.7 Å². The van der Waals surface area contributed by atoms with Crippen LogP contribution in [0.3, 0.4) is 0 Å². The number of sulfonamides is 1. The Balaban J connectivity index is 1.73. The summed E-state index contributed by atoms with van der Waals surface area (Å²) in [5.74, 6) is 0.411. The third-order valence-corrected chi connectivity index (χ3v) is 4.69. The predicted molar refractivity (Wildman–Crippen MR) is 71.7 cm³/mol. The summed E-state index contributed by atoms with van der Waals surface area (Å²) in [4.78, 5) is 12.1. The van der Waals surface area contributed by atoms with Gasteiger partial charge in [0.1, 0.15) is 5.75 Å². The van der Waals surface area contributed by atoms with E-state index in [9.17, 15) is 13.2 Å². The number of primary sulfonamides is 1. The molecule has 1 fully saturated rings. The molecule has 0 radical (unpaired) electrons. The van der Waals surface area contributed by atoms with Gasteiger partial charge in [-0.25, -0.2) is 13.6 Å². The molecule has 3 N–H and O–H groups in total. The van der Waals surface area contributed by atoms with E-state index in [1.807, 2.05) is 0 Å². The van der Waals surface area contributed by atoms with Gasteiger partial charge < -0.3 is 10.1 Å². The van der Waals surface area contributed by atoms with Gasteiger partial charge in [-0.15, -0.1) is 0 Å². The van der Waals surface area contributed by atoms with Crippen LogP contribution in [0.2, 0.25) is 0 Å². The van der Waals surface area contributed by atoms with Gasteiger partial charge in [-0.2, -0.15) is 0 Å². The maximum atomic E-state index is 12.0. The quantitative estimate of drug-likeness (QED) is 0.838. The van der Waals surface area contributed by atoms with E-state index in [2.05, 4.69) is 5.32 Å². The number of benzene rings is 1. The number of hydrogen-bond donors (Lipinski definition) is 2. The first-order valence-electron chi connectivity index (χ1n) is 6.56. The van der Waals surface area contributed by atoms with Crippen LogP contribution in [0.25, 0.3) is 0 Å². The summed E-state index contributed by atoms with van der Waals surface area (Å²) < 4.78 is 28.2. The Bertz CT molecular complexity index is 652. The fourth-order valence-corrected chi connectivity index (χ4v) is 2.96. The molecule has 1 aromatic carbocycles. The second-order valence-corrected chi connectivity index (χ2v) is 6.82. The summed E-state index contributed by atoms with van der Waals surface area (Å²) in [5, 5.41) is 8.02. The Morgan fingerprint density at radius 3 is 2.70 bits per heavy atom. The molecule has 1 saturated carbocycles. The Morgan fingerprint density at radius 2 is 2.10 bits per heavy atom. The molecule has 20 heavy (non-hydrogen) atoms. The van der Waals surface area contributed by atoms with Gasteiger partial charge in [0.2, 0.25) is 10.0 Å². The van der Waals surface area contributed by atoms with E-state index in [4.69, 9.17) is 9.88 Å². The van der Waals surface area contributed by atoms with E-state index in [1.54, 1.807) is 6.07 Å². The normalized spacial score (nSPS) is 21.8. The van der Waals surface area contributed by atoms with Crippen LogP contribution < -0.4 is 15.2 Å². The molecule has 6 nitrogen and oxygen atoms in total. The number of fused-ring (bicyclic) bond motifs is 1. The smallest absolute Gasteiger partial charge is 0.261 e. The predicted octanol–water partition coefficient (Wildman–Crippen LogP) is 0.306. The van der Waals surface area contributed by atoms with Crippen molar-refractivity contribution in [3.05, 3.63) is 23.8 Å². The number of amides is 1. The summed E-state index contributed by atoms with van der Waals surface area (Å²) in [6, 6.07) is 4.67. The lowest BCUT2D eigenvalue weighted by Crippen LogP contribution is -2.46. The highest BCUT2D eigenvalue weighted by atomic mass is 32.2. The summed E-state index contributed by atoms with van der Waals surface area (Å²) in [5.41, 5.74) is 0.699. The van der Waals surface area contributed by atoms with Gasteiger partial charge >= 0.3 is 0 Å². The van der Waals surface area contributed by atoms with Crippen LogP contribution in [-0.4, -0.2) is 26.5 Å². The molecule has 2 aliphatic rings. The lowest BCUT2D eigenvalue weighted by atomic mass is 9.93. The molecule has 1 heterocycles. The van der Waals surface area contributed by atoms with Gasteiger partial charge in [-0.1, -0.05) is 0 Å². The van der Waals surface area contributed by atoms with Crippen molar-refractivity contribution in [2.45, 2.75) is 42.7 Å². The minimum Gasteiger partial charge on any atom is -0.480 e. The van der Waals surface area contributed by atoms with Crippen LogP contribution in [-0.2, 0) is 21.2 Å². The molecule has 0 aromatic heterocycles. The molecule has 1 aliphatic carbocycles. The average molecular weight is 296 g/mol. The van der Waals surface area contributed by atoms with E-state index in [0.717, 1.165) is 19.3 Å². The van der Waals surface area contributed by atoms with Crippen molar-refractivity contribution in [3.63, 3.8) is 0 Å². The molecule has 0 bridgehead atoms. The average Bonchev–Trinajstić information content (AvgIpc) is 2.75. The highest BCUT2D eigenvalue weighted by molar-refractivity contribution is 7.89. The lowest BCUT2D eigenvalue weighted by Gasteiger charge is -2.27. The second kappa shape index (κ2) is 4.75. The molecule has 0 saturated heterocycles. The third kappa shape index (κ3) is 2.51.